The van der Waals surface area contributed by atoms with Crippen molar-refractivity contribution in [3.05, 3.63) is 35.1 Å². The van der Waals surface area contributed by atoms with Crippen molar-refractivity contribution >= 4 is 18.3 Å². The quantitative estimate of drug-likeness (QED) is 0.898. The average Bonchev–Trinajstić information content (AvgIpc) is 2.73. The molecule has 2 N–H and O–H groups in total. The van der Waals surface area contributed by atoms with Crippen LogP contribution in [0.2, 0.25) is 0 Å². The van der Waals surface area contributed by atoms with Crippen LogP contribution in [0.25, 0.3) is 0 Å². The molecule has 1 fully saturated rings. The van der Waals surface area contributed by atoms with E-state index in [0.29, 0.717) is 5.56 Å². The third-order valence-electron chi connectivity index (χ3n) is 3.47. The van der Waals surface area contributed by atoms with Gasteiger partial charge in [-0.05, 0) is 31.0 Å². The molecule has 3 nitrogen and oxygen atoms in total. The summed E-state index contributed by atoms with van der Waals surface area (Å²) in [5.41, 5.74) is 1.22. The lowest BCUT2D eigenvalue weighted by atomic mass is 10.0. The van der Waals surface area contributed by atoms with E-state index in [4.69, 9.17) is 0 Å². The Hall–Kier alpha value is -1.27. The molecule has 21 heavy (non-hydrogen) atoms. The third-order valence-corrected chi connectivity index (χ3v) is 3.47. The van der Waals surface area contributed by atoms with Gasteiger partial charge in [-0.3, -0.25) is 10.1 Å². The maximum Gasteiger partial charge on any atom is 0.262 e. The van der Waals surface area contributed by atoms with Crippen LogP contribution in [0.15, 0.2) is 18.2 Å². The second-order valence-corrected chi connectivity index (χ2v) is 5.23. The van der Waals surface area contributed by atoms with Gasteiger partial charge in [0.1, 0.15) is 5.82 Å². The monoisotopic (exact) mass is 322 g/mol. The fourth-order valence-corrected chi connectivity index (χ4v) is 2.24. The summed E-state index contributed by atoms with van der Waals surface area (Å²) in [7, 11) is 0. The molecule has 2 unspecified atom stereocenters. The molecule has 1 aliphatic rings. The van der Waals surface area contributed by atoms with Crippen LogP contribution in [0.5, 0.6) is 0 Å². The molecular formula is C14H18ClF3N2O. The fraction of sp³-hybridized carbons (Fsp3) is 0.500. The lowest BCUT2D eigenvalue weighted by Gasteiger charge is -2.18. The van der Waals surface area contributed by atoms with E-state index in [-0.39, 0.29) is 24.3 Å². The fourth-order valence-electron chi connectivity index (χ4n) is 2.24. The Balaban J connectivity index is 0.00000220. The molecule has 1 amide bonds. The molecule has 1 heterocycles. The van der Waals surface area contributed by atoms with Crippen LogP contribution in [0.1, 0.15) is 30.5 Å². The largest absolute Gasteiger partial charge is 0.348 e. The molecule has 0 bridgehead atoms. The van der Waals surface area contributed by atoms with Crippen LogP contribution < -0.4 is 10.6 Å². The molecule has 0 aromatic heterocycles. The minimum Gasteiger partial charge on any atom is -0.348 e. The zero-order valence-electron chi connectivity index (χ0n) is 11.8. The highest BCUT2D eigenvalue weighted by Gasteiger charge is 2.42. The van der Waals surface area contributed by atoms with Gasteiger partial charge < -0.3 is 5.32 Å². The minimum atomic E-state index is -2.84. The first kappa shape index (κ1) is 17.8. The van der Waals surface area contributed by atoms with E-state index in [0.717, 1.165) is 5.56 Å². The van der Waals surface area contributed by atoms with Crippen molar-refractivity contribution in [2.45, 2.75) is 38.3 Å². The van der Waals surface area contributed by atoms with E-state index in [9.17, 15) is 18.0 Å². The zero-order valence-corrected chi connectivity index (χ0v) is 12.6. The Kier molecular flexibility index (Phi) is 5.64. The minimum absolute atomic E-state index is 0. The SMILES string of the molecule is Cc1cc(C(C)NC(=O)C2CC(F)(F)CN2)ccc1F.Cl. The van der Waals surface area contributed by atoms with Crippen molar-refractivity contribution in [1.82, 2.24) is 10.6 Å². The highest BCUT2D eigenvalue weighted by atomic mass is 35.5. The van der Waals surface area contributed by atoms with Crippen molar-refractivity contribution in [3.8, 4) is 0 Å². The zero-order chi connectivity index (χ0) is 14.9. The molecule has 2 atom stereocenters. The predicted molar refractivity (Wildman–Crippen MR) is 76.3 cm³/mol. The van der Waals surface area contributed by atoms with E-state index in [1.54, 1.807) is 26.0 Å². The number of amides is 1. The van der Waals surface area contributed by atoms with Crippen LogP contribution >= 0.6 is 12.4 Å². The maximum atomic E-state index is 13.2. The molecule has 0 saturated carbocycles. The number of hydrogen-bond acceptors (Lipinski definition) is 2. The summed E-state index contributed by atoms with van der Waals surface area (Å²) in [6.07, 6.45) is -0.492. The molecule has 1 aromatic carbocycles. The second kappa shape index (κ2) is 6.66. The van der Waals surface area contributed by atoms with Gasteiger partial charge in [-0.1, -0.05) is 12.1 Å². The molecule has 0 spiro atoms. The number of aryl methyl sites for hydroxylation is 1. The molecule has 1 aromatic rings. The van der Waals surface area contributed by atoms with Gasteiger partial charge in [-0.25, -0.2) is 13.2 Å². The summed E-state index contributed by atoms with van der Waals surface area (Å²) in [6, 6.07) is 3.29. The number of rotatable bonds is 3. The van der Waals surface area contributed by atoms with Crippen molar-refractivity contribution in [1.29, 1.82) is 0 Å². The number of nitrogens with one attached hydrogen (secondary N) is 2. The highest BCUT2D eigenvalue weighted by Crippen LogP contribution is 2.25. The van der Waals surface area contributed by atoms with Gasteiger partial charge in [0, 0.05) is 6.42 Å². The maximum absolute atomic E-state index is 13.2. The first-order chi connectivity index (χ1) is 9.28. The van der Waals surface area contributed by atoms with Gasteiger partial charge >= 0.3 is 0 Å². The molecular weight excluding hydrogens is 305 g/mol. The van der Waals surface area contributed by atoms with Crippen molar-refractivity contribution in [2.24, 2.45) is 0 Å². The lowest BCUT2D eigenvalue weighted by Crippen LogP contribution is -2.41. The summed E-state index contributed by atoms with van der Waals surface area (Å²) >= 11 is 0. The summed E-state index contributed by atoms with van der Waals surface area (Å²) in [4.78, 5) is 11.9. The second-order valence-electron chi connectivity index (χ2n) is 5.23. The molecule has 2 rings (SSSR count). The van der Waals surface area contributed by atoms with Gasteiger partial charge in [-0.15, -0.1) is 12.4 Å². The van der Waals surface area contributed by atoms with Gasteiger partial charge in [-0.2, -0.15) is 0 Å². The van der Waals surface area contributed by atoms with Crippen LogP contribution in [-0.2, 0) is 4.79 Å². The summed E-state index contributed by atoms with van der Waals surface area (Å²) in [5, 5.41) is 5.17. The number of hydrogen-bond donors (Lipinski definition) is 2. The van der Waals surface area contributed by atoms with Crippen LogP contribution in [0.3, 0.4) is 0 Å². The number of alkyl halides is 2. The Morgan fingerprint density at radius 1 is 1.48 bits per heavy atom. The van der Waals surface area contributed by atoms with Crippen LogP contribution in [0.4, 0.5) is 13.2 Å². The van der Waals surface area contributed by atoms with Crippen molar-refractivity contribution in [2.75, 3.05) is 6.54 Å². The number of carbonyl (C=O) groups is 1. The van der Waals surface area contributed by atoms with E-state index in [2.05, 4.69) is 10.6 Å². The Bertz CT molecular complexity index is 525. The molecule has 7 heteroatoms. The summed E-state index contributed by atoms with van der Waals surface area (Å²) < 4.78 is 39.2. The van der Waals surface area contributed by atoms with Crippen molar-refractivity contribution < 1.29 is 18.0 Å². The van der Waals surface area contributed by atoms with E-state index in [1.165, 1.54) is 6.07 Å². The normalized spacial score (nSPS) is 21.5. The van der Waals surface area contributed by atoms with Crippen LogP contribution in [0, 0.1) is 12.7 Å². The number of halogens is 4. The Morgan fingerprint density at radius 3 is 2.67 bits per heavy atom. The highest BCUT2D eigenvalue weighted by molar-refractivity contribution is 5.85. The van der Waals surface area contributed by atoms with Gasteiger partial charge in [0.2, 0.25) is 5.91 Å². The molecule has 0 aliphatic carbocycles. The topological polar surface area (TPSA) is 41.1 Å². The molecule has 1 saturated heterocycles. The third kappa shape index (κ3) is 4.35. The Morgan fingerprint density at radius 2 is 2.14 bits per heavy atom. The summed E-state index contributed by atoms with van der Waals surface area (Å²) in [5.74, 6) is -3.61. The Labute approximate surface area is 127 Å². The van der Waals surface area contributed by atoms with E-state index in [1.807, 2.05) is 0 Å². The first-order valence-corrected chi connectivity index (χ1v) is 6.46. The average molecular weight is 323 g/mol. The van der Waals surface area contributed by atoms with Gasteiger partial charge in [0.15, 0.2) is 0 Å². The van der Waals surface area contributed by atoms with Gasteiger partial charge in [0.05, 0.1) is 18.6 Å². The van der Waals surface area contributed by atoms with E-state index >= 15 is 0 Å². The molecule has 0 radical (unpaired) electrons. The first-order valence-electron chi connectivity index (χ1n) is 6.46. The smallest absolute Gasteiger partial charge is 0.262 e. The number of carbonyl (C=O) groups excluding carboxylic acids is 1. The lowest BCUT2D eigenvalue weighted by molar-refractivity contribution is -0.124. The number of benzene rings is 1. The van der Waals surface area contributed by atoms with E-state index < -0.39 is 30.8 Å². The molecule has 118 valence electrons. The molecule has 1 aliphatic heterocycles. The van der Waals surface area contributed by atoms with Crippen LogP contribution in [-0.4, -0.2) is 24.4 Å². The van der Waals surface area contributed by atoms with Crippen molar-refractivity contribution in [3.63, 3.8) is 0 Å². The van der Waals surface area contributed by atoms with Gasteiger partial charge in [0.25, 0.3) is 5.92 Å². The standard InChI is InChI=1S/C14H17F3N2O.ClH/c1-8-5-10(3-4-11(8)15)9(2)19-13(20)12-6-14(16,17)7-18-12;/h3-5,9,12,18H,6-7H2,1-2H3,(H,19,20);1H. The predicted octanol–water partition coefficient (Wildman–Crippen LogP) is 2.73. The summed E-state index contributed by atoms with van der Waals surface area (Å²) in [6.45, 7) is 2.89.